The number of quaternary nitrogens is 1. The third-order valence-corrected chi connectivity index (χ3v) is 3.87. The molecule has 0 heterocycles. The van der Waals surface area contributed by atoms with E-state index in [4.69, 9.17) is 0 Å². The van der Waals surface area contributed by atoms with Crippen LogP contribution in [0, 0.1) is 11.8 Å². The number of urea groups is 1. The van der Waals surface area contributed by atoms with E-state index in [-0.39, 0.29) is 18.5 Å². The molecule has 3 amide bonds. The van der Waals surface area contributed by atoms with E-state index in [1.54, 1.807) is 0 Å². The summed E-state index contributed by atoms with van der Waals surface area (Å²) in [6.45, 7) is 11.3. The minimum atomic E-state index is -0.435. The van der Waals surface area contributed by atoms with E-state index in [1.807, 2.05) is 12.2 Å². The molecular weight excluding hydrogens is 302 g/mol. The van der Waals surface area contributed by atoms with Crippen molar-refractivity contribution >= 4 is 11.9 Å². The average Bonchev–Trinajstić information content (AvgIpc) is 2.48. The summed E-state index contributed by atoms with van der Waals surface area (Å²) in [6, 6.07) is 8.41. The number of amides is 3. The standard InChI is InChI=1S/C19H31N3O2/c1-6-20-19(24)22-17(23)12-21-18(14(4)5)16-9-7-15(8-10-16)11-13(2)3/h7-10,13-14,18,21H,6,11-12H2,1-5H3,(H2,20,22,23,24)/p+1/t18-/m1/s1. The fraction of sp³-hybridized carbons (Fsp3) is 0.579. The smallest absolute Gasteiger partial charge is 0.321 e. The van der Waals surface area contributed by atoms with E-state index < -0.39 is 6.03 Å². The van der Waals surface area contributed by atoms with Crippen LogP contribution in [0.3, 0.4) is 0 Å². The summed E-state index contributed by atoms with van der Waals surface area (Å²) in [5.74, 6) is 0.752. The Morgan fingerprint density at radius 2 is 1.71 bits per heavy atom. The van der Waals surface area contributed by atoms with Crippen molar-refractivity contribution in [1.29, 1.82) is 0 Å². The Morgan fingerprint density at radius 3 is 2.21 bits per heavy atom. The van der Waals surface area contributed by atoms with E-state index in [9.17, 15) is 9.59 Å². The minimum Gasteiger partial charge on any atom is -0.338 e. The molecule has 0 aliphatic carbocycles. The Kier molecular flexibility index (Phi) is 8.47. The van der Waals surface area contributed by atoms with Crippen LogP contribution < -0.4 is 16.0 Å². The number of hydrogen-bond donors (Lipinski definition) is 3. The maximum Gasteiger partial charge on any atom is 0.321 e. The fourth-order valence-electron chi connectivity index (χ4n) is 2.76. The molecule has 0 saturated carbocycles. The third kappa shape index (κ3) is 7.13. The number of hydrogen-bond acceptors (Lipinski definition) is 2. The second-order valence-corrected chi connectivity index (χ2v) is 6.96. The molecule has 1 atom stereocenters. The molecule has 0 saturated heterocycles. The van der Waals surface area contributed by atoms with Gasteiger partial charge in [0.1, 0.15) is 6.04 Å². The molecule has 5 nitrogen and oxygen atoms in total. The SMILES string of the molecule is CCNC(=O)NC(=O)C[NH2+][C@@H](c1ccc(CC(C)C)cc1)C(C)C. The number of rotatable bonds is 8. The molecule has 0 unspecified atom stereocenters. The van der Waals surface area contributed by atoms with Gasteiger partial charge in [-0.1, -0.05) is 52.0 Å². The Hall–Kier alpha value is -1.88. The summed E-state index contributed by atoms with van der Waals surface area (Å²) in [7, 11) is 0. The lowest BCUT2D eigenvalue weighted by atomic mass is 9.94. The fourth-order valence-corrected chi connectivity index (χ4v) is 2.76. The van der Waals surface area contributed by atoms with Crippen LogP contribution in [0.5, 0.6) is 0 Å². The van der Waals surface area contributed by atoms with Crippen molar-refractivity contribution in [3.8, 4) is 0 Å². The van der Waals surface area contributed by atoms with Gasteiger partial charge < -0.3 is 10.6 Å². The van der Waals surface area contributed by atoms with Gasteiger partial charge in [0.25, 0.3) is 5.91 Å². The highest BCUT2D eigenvalue weighted by atomic mass is 16.2. The summed E-state index contributed by atoms with van der Waals surface area (Å²) in [6.07, 6.45) is 1.07. The van der Waals surface area contributed by atoms with Crippen LogP contribution in [-0.2, 0) is 11.2 Å². The monoisotopic (exact) mass is 334 g/mol. The van der Waals surface area contributed by atoms with Gasteiger partial charge in [0.15, 0.2) is 6.54 Å². The Bertz CT molecular complexity index is 524. The van der Waals surface area contributed by atoms with Crippen molar-refractivity contribution in [1.82, 2.24) is 10.6 Å². The molecule has 1 aromatic rings. The molecule has 0 aliphatic heterocycles. The summed E-state index contributed by atoms with van der Waals surface area (Å²) >= 11 is 0. The second kappa shape index (κ2) is 10.1. The van der Waals surface area contributed by atoms with Gasteiger partial charge >= 0.3 is 6.03 Å². The molecule has 0 bridgehead atoms. The van der Waals surface area contributed by atoms with Crippen molar-refractivity contribution in [2.75, 3.05) is 13.1 Å². The molecule has 24 heavy (non-hydrogen) atoms. The molecule has 0 fully saturated rings. The topological polar surface area (TPSA) is 74.8 Å². The first-order chi connectivity index (χ1) is 11.3. The van der Waals surface area contributed by atoms with Crippen molar-refractivity contribution in [3.05, 3.63) is 35.4 Å². The molecule has 0 aromatic heterocycles. The Labute approximate surface area is 145 Å². The van der Waals surface area contributed by atoms with E-state index in [0.717, 1.165) is 6.42 Å². The molecule has 4 N–H and O–H groups in total. The van der Waals surface area contributed by atoms with Gasteiger partial charge in [0.05, 0.1) is 0 Å². The van der Waals surface area contributed by atoms with Gasteiger partial charge in [-0.25, -0.2) is 4.79 Å². The molecule has 1 aromatic carbocycles. The number of benzene rings is 1. The first-order valence-electron chi connectivity index (χ1n) is 8.83. The molecule has 0 aliphatic rings. The van der Waals surface area contributed by atoms with Gasteiger partial charge in [-0.2, -0.15) is 0 Å². The number of nitrogens with two attached hydrogens (primary N) is 1. The minimum absolute atomic E-state index is 0.193. The van der Waals surface area contributed by atoms with Crippen molar-refractivity contribution in [3.63, 3.8) is 0 Å². The van der Waals surface area contributed by atoms with Gasteiger partial charge in [0.2, 0.25) is 0 Å². The molecule has 0 spiro atoms. The van der Waals surface area contributed by atoms with E-state index in [0.29, 0.717) is 18.4 Å². The first kappa shape index (κ1) is 20.2. The van der Waals surface area contributed by atoms with Crippen LogP contribution in [0.4, 0.5) is 4.79 Å². The van der Waals surface area contributed by atoms with Crippen LogP contribution in [0.2, 0.25) is 0 Å². The predicted molar refractivity (Wildman–Crippen MR) is 96.6 cm³/mol. The highest BCUT2D eigenvalue weighted by molar-refractivity contribution is 5.94. The molecular formula is C19H32N3O2+. The highest BCUT2D eigenvalue weighted by Gasteiger charge is 2.21. The molecule has 0 radical (unpaired) electrons. The largest absolute Gasteiger partial charge is 0.338 e. The Morgan fingerprint density at radius 1 is 1.08 bits per heavy atom. The number of imide groups is 1. The van der Waals surface area contributed by atoms with Gasteiger partial charge in [-0.3, -0.25) is 10.1 Å². The normalized spacial score (nSPS) is 12.3. The van der Waals surface area contributed by atoms with Crippen molar-refractivity contribution < 1.29 is 14.9 Å². The average molecular weight is 334 g/mol. The lowest BCUT2D eigenvalue weighted by molar-refractivity contribution is -0.692. The zero-order chi connectivity index (χ0) is 18.1. The summed E-state index contributed by atoms with van der Waals surface area (Å²) in [4.78, 5) is 23.2. The summed E-state index contributed by atoms with van der Waals surface area (Å²) in [5, 5.41) is 6.89. The zero-order valence-corrected chi connectivity index (χ0v) is 15.6. The van der Waals surface area contributed by atoms with E-state index >= 15 is 0 Å². The van der Waals surface area contributed by atoms with Crippen molar-refractivity contribution in [2.24, 2.45) is 11.8 Å². The quantitative estimate of drug-likeness (QED) is 0.680. The van der Waals surface area contributed by atoms with Crippen LogP contribution in [-0.4, -0.2) is 25.0 Å². The number of nitrogens with one attached hydrogen (secondary N) is 2. The number of carbonyl (C=O) groups is 2. The summed E-state index contributed by atoms with van der Waals surface area (Å²) in [5.41, 5.74) is 2.55. The Balaban J connectivity index is 2.64. The van der Waals surface area contributed by atoms with Gasteiger partial charge in [0, 0.05) is 18.0 Å². The lowest BCUT2D eigenvalue weighted by Crippen LogP contribution is -2.88. The number of carbonyl (C=O) groups excluding carboxylic acids is 2. The maximum atomic E-state index is 11.9. The highest BCUT2D eigenvalue weighted by Crippen LogP contribution is 2.19. The van der Waals surface area contributed by atoms with Gasteiger partial charge in [-0.05, 0) is 24.8 Å². The van der Waals surface area contributed by atoms with E-state index in [2.05, 4.69) is 62.6 Å². The first-order valence-corrected chi connectivity index (χ1v) is 8.83. The van der Waals surface area contributed by atoms with Crippen LogP contribution in [0.15, 0.2) is 24.3 Å². The van der Waals surface area contributed by atoms with E-state index in [1.165, 1.54) is 11.1 Å². The third-order valence-electron chi connectivity index (χ3n) is 3.87. The predicted octanol–water partition coefficient (Wildman–Crippen LogP) is 1.99. The van der Waals surface area contributed by atoms with Crippen molar-refractivity contribution in [2.45, 2.75) is 47.1 Å². The molecule has 134 valence electrons. The molecule has 5 heteroatoms. The molecule has 1 rings (SSSR count). The zero-order valence-electron chi connectivity index (χ0n) is 15.6. The summed E-state index contributed by atoms with van der Waals surface area (Å²) < 4.78 is 0. The van der Waals surface area contributed by atoms with Crippen LogP contribution in [0.1, 0.15) is 51.8 Å². The second-order valence-electron chi connectivity index (χ2n) is 6.96. The van der Waals surface area contributed by atoms with Gasteiger partial charge in [-0.15, -0.1) is 0 Å². The lowest BCUT2D eigenvalue weighted by Gasteiger charge is -2.20. The van der Waals surface area contributed by atoms with Crippen LogP contribution >= 0.6 is 0 Å². The maximum absolute atomic E-state index is 11.9. The van der Waals surface area contributed by atoms with Crippen LogP contribution in [0.25, 0.3) is 0 Å².